The Morgan fingerprint density at radius 2 is 2.18 bits per heavy atom. The topological polar surface area (TPSA) is 65.3 Å². The third-order valence-corrected chi connectivity index (χ3v) is 1.78. The number of carbonyl (C=O) groups is 1. The van der Waals surface area contributed by atoms with Crippen molar-refractivity contribution in [2.75, 3.05) is 0 Å². The molecular formula is C6H10NO3S. The molecule has 0 fully saturated rings. The van der Waals surface area contributed by atoms with Crippen LogP contribution in [-0.4, -0.2) is 14.3 Å². The van der Waals surface area contributed by atoms with E-state index in [1.165, 1.54) is 0 Å². The predicted octanol–water partition coefficient (Wildman–Crippen LogP) is 0.391. The Labute approximate surface area is 66.3 Å². The van der Waals surface area contributed by atoms with Crippen LogP contribution in [0.2, 0.25) is 0 Å². The molecule has 0 N–H and O–H groups in total. The van der Waals surface area contributed by atoms with Gasteiger partial charge in [-0.15, -0.1) is 4.72 Å². The minimum atomic E-state index is -3.70. The van der Waals surface area contributed by atoms with Gasteiger partial charge in [-0.2, -0.15) is 8.42 Å². The Morgan fingerprint density at radius 1 is 1.64 bits per heavy atom. The van der Waals surface area contributed by atoms with E-state index in [0.717, 1.165) is 0 Å². The lowest BCUT2D eigenvalue weighted by atomic mass is 10.3. The van der Waals surface area contributed by atoms with Gasteiger partial charge in [0.25, 0.3) is 15.9 Å². The lowest BCUT2D eigenvalue weighted by Crippen LogP contribution is -2.20. The second kappa shape index (κ2) is 4.12. The van der Waals surface area contributed by atoms with Crippen molar-refractivity contribution in [2.24, 2.45) is 0 Å². The predicted molar refractivity (Wildman–Crippen MR) is 41.2 cm³/mol. The van der Waals surface area contributed by atoms with Gasteiger partial charge in [0.15, 0.2) is 0 Å². The van der Waals surface area contributed by atoms with Crippen molar-refractivity contribution in [1.29, 1.82) is 0 Å². The molecule has 0 atom stereocenters. The molecule has 5 heteroatoms. The van der Waals surface area contributed by atoms with Gasteiger partial charge in [0.1, 0.15) is 0 Å². The van der Waals surface area contributed by atoms with E-state index >= 15 is 0 Å². The minimum absolute atomic E-state index is 0.160. The summed E-state index contributed by atoms with van der Waals surface area (Å²) in [6.45, 7) is 4.78. The zero-order valence-corrected chi connectivity index (χ0v) is 7.10. The fourth-order valence-corrected chi connectivity index (χ4v) is 0.888. The van der Waals surface area contributed by atoms with Crippen LogP contribution in [0.25, 0.3) is 0 Å². The number of sulfonamides is 1. The second-order valence-corrected chi connectivity index (χ2v) is 3.46. The van der Waals surface area contributed by atoms with E-state index < -0.39 is 15.9 Å². The van der Waals surface area contributed by atoms with Crippen molar-refractivity contribution in [2.45, 2.75) is 19.8 Å². The first-order valence-electron chi connectivity index (χ1n) is 3.15. The molecule has 0 aromatic rings. The summed E-state index contributed by atoms with van der Waals surface area (Å²) in [5.41, 5.74) is 0. The van der Waals surface area contributed by atoms with Crippen LogP contribution >= 0.6 is 0 Å². The fraction of sp³-hybridized carbons (Fsp3) is 0.500. The van der Waals surface area contributed by atoms with E-state index in [-0.39, 0.29) is 6.42 Å². The molecule has 0 aliphatic carbocycles. The van der Waals surface area contributed by atoms with Gasteiger partial charge < -0.3 is 0 Å². The van der Waals surface area contributed by atoms with Gasteiger partial charge in [0.05, 0.1) is 0 Å². The maximum Gasteiger partial charge on any atom is 0.278 e. The number of amides is 1. The molecule has 11 heavy (non-hydrogen) atoms. The molecule has 0 saturated carbocycles. The van der Waals surface area contributed by atoms with Crippen LogP contribution in [0.4, 0.5) is 0 Å². The summed E-state index contributed by atoms with van der Waals surface area (Å²) in [7, 11) is -3.70. The van der Waals surface area contributed by atoms with Crippen LogP contribution in [0.3, 0.4) is 0 Å². The van der Waals surface area contributed by atoms with Gasteiger partial charge in [-0.3, -0.25) is 4.79 Å². The molecule has 1 radical (unpaired) electrons. The highest BCUT2D eigenvalue weighted by atomic mass is 32.2. The van der Waals surface area contributed by atoms with Crippen LogP contribution in [-0.2, 0) is 14.8 Å². The van der Waals surface area contributed by atoms with Crippen LogP contribution in [0.15, 0.2) is 12.0 Å². The summed E-state index contributed by atoms with van der Waals surface area (Å²) < 4.78 is 24.1. The Kier molecular flexibility index (Phi) is 3.81. The first-order valence-corrected chi connectivity index (χ1v) is 4.65. The van der Waals surface area contributed by atoms with Crippen molar-refractivity contribution in [1.82, 2.24) is 4.72 Å². The highest BCUT2D eigenvalue weighted by molar-refractivity contribution is 7.92. The van der Waals surface area contributed by atoms with E-state index in [4.69, 9.17) is 0 Å². The van der Waals surface area contributed by atoms with Gasteiger partial charge in [-0.05, 0) is 6.42 Å². The highest BCUT2D eigenvalue weighted by Gasteiger charge is 2.11. The zero-order valence-electron chi connectivity index (χ0n) is 6.28. The standard InChI is InChI=1S/C6H10NO3S/c1-3-5-6(8)7-11(9,10)4-2/h4H,2-3,5H2,1H3. The van der Waals surface area contributed by atoms with Crippen molar-refractivity contribution >= 4 is 15.9 Å². The Balaban J connectivity index is 4.05. The normalized spacial score (nSPS) is 10.6. The first kappa shape index (κ1) is 10.2. The summed E-state index contributed by atoms with van der Waals surface area (Å²) in [5, 5.41) is 0.653. The SMILES string of the molecule is C=CS(=O)(=O)[N]C(=O)CCC. The molecule has 0 aromatic heterocycles. The number of carbonyl (C=O) groups excluding carboxylic acids is 1. The minimum Gasteiger partial charge on any atom is -0.272 e. The molecule has 0 unspecified atom stereocenters. The number of rotatable bonds is 4. The van der Waals surface area contributed by atoms with Gasteiger partial charge in [-0.1, -0.05) is 13.5 Å². The van der Waals surface area contributed by atoms with E-state index in [1.54, 1.807) is 6.92 Å². The molecule has 63 valence electrons. The molecule has 0 aliphatic heterocycles. The molecule has 0 aliphatic rings. The largest absolute Gasteiger partial charge is 0.278 e. The van der Waals surface area contributed by atoms with E-state index in [2.05, 4.69) is 11.3 Å². The van der Waals surface area contributed by atoms with E-state index in [1.807, 2.05) is 0 Å². The van der Waals surface area contributed by atoms with Crippen LogP contribution in [0.5, 0.6) is 0 Å². The quantitative estimate of drug-likeness (QED) is 0.622. The number of nitrogens with zero attached hydrogens (tertiary/aromatic N) is 1. The zero-order chi connectivity index (χ0) is 8.91. The maximum atomic E-state index is 10.6. The lowest BCUT2D eigenvalue weighted by molar-refractivity contribution is -0.119. The monoisotopic (exact) mass is 176 g/mol. The Bertz CT molecular complexity index is 243. The molecule has 0 rings (SSSR count). The lowest BCUT2D eigenvalue weighted by Gasteiger charge is -1.95. The highest BCUT2D eigenvalue weighted by Crippen LogP contribution is 1.92. The van der Waals surface area contributed by atoms with Crippen LogP contribution in [0.1, 0.15) is 19.8 Å². The fourth-order valence-electron chi connectivity index (χ4n) is 0.439. The third kappa shape index (κ3) is 4.55. The number of hydrogen-bond acceptors (Lipinski definition) is 3. The molecule has 4 nitrogen and oxygen atoms in total. The van der Waals surface area contributed by atoms with Crippen molar-refractivity contribution in [3.05, 3.63) is 12.0 Å². The number of hydrogen-bond donors (Lipinski definition) is 0. The van der Waals surface area contributed by atoms with E-state index in [0.29, 0.717) is 11.8 Å². The summed E-state index contributed by atoms with van der Waals surface area (Å²) in [6, 6.07) is 0. The molecule has 0 heterocycles. The molecular weight excluding hydrogens is 166 g/mol. The Hall–Kier alpha value is -0.840. The first-order chi connectivity index (χ1) is 5.02. The average molecular weight is 176 g/mol. The van der Waals surface area contributed by atoms with Crippen molar-refractivity contribution in [3.63, 3.8) is 0 Å². The summed E-state index contributed by atoms with van der Waals surface area (Å²) in [5.74, 6) is -0.618. The van der Waals surface area contributed by atoms with Gasteiger partial charge in [-0.25, -0.2) is 0 Å². The molecule has 0 aromatic carbocycles. The van der Waals surface area contributed by atoms with Gasteiger partial charge in [0.2, 0.25) is 0 Å². The Morgan fingerprint density at radius 3 is 2.55 bits per heavy atom. The molecule has 1 amide bonds. The van der Waals surface area contributed by atoms with E-state index in [9.17, 15) is 13.2 Å². The third-order valence-electron chi connectivity index (χ3n) is 0.904. The van der Waals surface area contributed by atoms with Crippen molar-refractivity contribution in [3.8, 4) is 0 Å². The smallest absolute Gasteiger partial charge is 0.272 e. The maximum absolute atomic E-state index is 10.6. The summed E-state index contributed by atoms with van der Waals surface area (Å²) >= 11 is 0. The van der Waals surface area contributed by atoms with Crippen LogP contribution in [0, 0.1) is 0 Å². The summed E-state index contributed by atoms with van der Waals surface area (Å²) in [4.78, 5) is 10.6. The van der Waals surface area contributed by atoms with Gasteiger partial charge in [0, 0.05) is 11.8 Å². The molecule has 0 spiro atoms. The summed E-state index contributed by atoms with van der Waals surface area (Å²) in [6.07, 6.45) is 0.752. The second-order valence-electron chi connectivity index (χ2n) is 1.92. The van der Waals surface area contributed by atoms with Gasteiger partial charge >= 0.3 is 0 Å². The van der Waals surface area contributed by atoms with Crippen LogP contribution < -0.4 is 4.72 Å². The molecule has 0 saturated heterocycles. The van der Waals surface area contributed by atoms with Crippen molar-refractivity contribution < 1.29 is 13.2 Å². The average Bonchev–Trinajstić information content (AvgIpc) is 1.87. The molecule has 0 bridgehead atoms.